The highest BCUT2D eigenvalue weighted by Crippen LogP contribution is 2.34. The Hall–Kier alpha value is -3.65. The van der Waals surface area contributed by atoms with Crippen LogP contribution in [0.25, 0.3) is 44.6 Å². The smallest absolute Gasteiger partial charge is 0.213 e. The summed E-state index contributed by atoms with van der Waals surface area (Å²) in [5.41, 5.74) is 4.73. The third-order valence-corrected chi connectivity index (χ3v) is 6.69. The lowest BCUT2D eigenvalue weighted by molar-refractivity contribution is 0.174. The first kappa shape index (κ1) is 21.9. The molecule has 1 unspecified atom stereocenters. The van der Waals surface area contributed by atoms with E-state index in [1.165, 1.54) is 0 Å². The molecule has 3 aromatic heterocycles. The number of aromatic amines is 1. The van der Waals surface area contributed by atoms with Gasteiger partial charge in [0.25, 0.3) is 0 Å². The van der Waals surface area contributed by atoms with Crippen molar-refractivity contribution in [2.45, 2.75) is 19.1 Å². The number of pyridine rings is 2. The maximum Gasteiger partial charge on any atom is 0.213 e. The summed E-state index contributed by atoms with van der Waals surface area (Å²) in [7, 11) is 0. The minimum absolute atomic E-state index is 0.165. The Labute approximate surface area is 206 Å². The number of aliphatic hydroxyl groups is 1. The van der Waals surface area contributed by atoms with Gasteiger partial charge < -0.3 is 10.1 Å². The highest BCUT2D eigenvalue weighted by molar-refractivity contribution is 6.35. The van der Waals surface area contributed by atoms with E-state index >= 15 is 0 Å². The minimum Gasteiger partial charge on any atom is -0.392 e. The Balaban J connectivity index is 1.56. The lowest BCUT2D eigenvalue weighted by Crippen LogP contribution is -2.25. The first-order valence-electron chi connectivity index (χ1n) is 11.5. The van der Waals surface area contributed by atoms with Gasteiger partial charge in [0.15, 0.2) is 11.2 Å². The summed E-state index contributed by atoms with van der Waals surface area (Å²) in [6, 6.07) is 17.4. The first-order valence-corrected chi connectivity index (χ1v) is 11.9. The second-order valence-electron chi connectivity index (χ2n) is 8.84. The molecule has 174 valence electrons. The van der Waals surface area contributed by atoms with Gasteiger partial charge in [-0.2, -0.15) is 0 Å². The van der Waals surface area contributed by atoms with Crippen molar-refractivity contribution in [2.75, 3.05) is 13.1 Å². The number of H-pyrrole nitrogens is 1. The van der Waals surface area contributed by atoms with E-state index in [1.807, 2.05) is 54.6 Å². The molecule has 1 aliphatic heterocycles. The predicted molar refractivity (Wildman–Crippen MR) is 137 cm³/mol. The summed E-state index contributed by atoms with van der Waals surface area (Å²) < 4.78 is 0. The molecule has 0 radical (unpaired) electrons. The second kappa shape index (κ2) is 8.85. The Kier molecular flexibility index (Phi) is 5.53. The molecule has 1 saturated heterocycles. The Morgan fingerprint density at radius 3 is 2.66 bits per heavy atom. The van der Waals surface area contributed by atoms with Crippen LogP contribution in [0.1, 0.15) is 12.0 Å². The molecule has 1 fully saturated rings. The van der Waals surface area contributed by atoms with E-state index in [0.29, 0.717) is 52.6 Å². The summed E-state index contributed by atoms with van der Waals surface area (Å²) in [6.07, 6.45) is 3.78. The van der Waals surface area contributed by atoms with Gasteiger partial charge in [0.05, 0.1) is 28.0 Å². The highest BCUT2D eigenvalue weighted by Gasteiger charge is 2.22. The van der Waals surface area contributed by atoms with E-state index in [-0.39, 0.29) is 17.0 Å². The van der Waals surface area contributed by atoms with E-state index < -0.39 is 0 Å². The maximum absolute atomic E-state index is 13.5. The number of aliphatic hydroxyl groups excluding tert-OH is 1. The van der Waals surface area contributed by atoms with Crippen LogP contribution in [0.2, 0.25) is 5.02 Å². The van der Waals surface area contributed by atoms with Crippen molar-refractivity contribution < 1.29 is 5.11 Å². The molecule has 5 aromatic rings. The number of hydrogen-bond donors (Lipinski definition) is 2. The van der Waals surface area contributed by atoms with Gasteiger partial charge in [0.1, 0.15) is 0 Å². The fourth-order valence-corrected chi connectivity index (χ4v) is 4.94. The number of benzene rings is 2. The number of hydrogen-bond acceptors (Lipinski definition) is 6. The van der Waals surface area contributed by atoms with Gasteiger partial charge in [-0.15, -0.1) is 0 Å². The van der Waals surface area contributed by atoms with E-state index in [4.69, 9.17) is 21.6 Å². The fourth-order valence-electron chi connectivity index (χ4n) is 4.66. The van der Waals surface area contributed by atoms with Crippen molar-refractivity contribution in [1.82, 2.24) is 24.8 Å². The van der Waals surface area contributed by atoms with Crippen molar-refractivity contribution in [1.29, 1.82) is 0 Å². The molecule has 0 aliphatic carbocycles. The number of halogens is 1. The molecule has 0 spiro atoms. The summed E-state index contributed by atoms with van der Waals surface area (Å²) in [5.74, 6) is 0. The fraction of sp³-hybridized carbons (Fsp3) is 0.185. The van der Waals surface area contributed by atoms with Crippen LogP contribution in [0.3, 0.4) is 0 Å². The molecular weight excluding hydrogens is 462 g/mol. The van der Waals surface area contributed by atoms with Gasteiger partial charge >= 0.3 is 0 Å². The number of β-amino-alcohol motifs (C(OH)–C–C–N with tert-alkyl or cyclic N) is 1. The lowest BCUT2D eigenvalue weighted by Gasteiger charge is -2.15. The first-order chi connectivity index (χ1) is 17.1. The molecule has 1 atom stereocenters. The van der Waals surface area contributed by atoms with Gasteiger partial charge in [-0.3, -0.25) is 14.7 Å². The normalized spacial score (nSPS) is 16.3. The van der Waals surface area contributed by atoms with Gasteiger partial charge in [0.2, 0.25) is 5.43 Å². The average Bonchev–Trinajstić information content (AvgIpc) is 3.30. The second-order valence-corrected chi connectivity index (χ2v) is 9.25. The minimum atomic E-state index is -0.346. The summed E-state index contributed by atoms with van der Waals surface area (Å²) in [4.78, 5) is 32.8. The van der Waals surface area contributed by atoms with Gasteiger partial charge in [-0.1, -0.05) is 48.0 Å². The number of fused-ring (bicyclic) bond motifs is 2. The molecule has 7 nitrogen and oxygen atoms in total. The van der Waals surface area contributed by atoms with Crippen molar-refractivity contribution in [3.63, 3.8) is 0 Å². The number of nitrogens with one attached hydrogen (secondary N) is 1. The number of aromatic nitrogens is 4. The monoisotopic (exact) mass is 483 g/mol. The lowest BCUT2D eigenvalue weighted by atomic mass is 10.0. The molecule has 8 heteroatoms. The van der Waals surface area contributed by atoms with Crippen LogP contribution in [-0.4, -0.2) is 49.1 Å². The molecule has 6 rings (SSSR count). The van der Waals surface area contributed by atoms with Crippen molar-refractivity contribution in [2.24, 2.45) is 0 Å². The van der Waals surface area contributed by atoms with Crippen molar-refractivity contribution in [3.05, 3.63) is 87.8 Å². The SMILES string of the molecule is O=c1c(CN2CCC(O)C2)c[nH]c2nc(-c3ccccc3)c(-c3cc(Cl)c4ncccc4c3)nc12. The zero-order valence-corrected chi connectivity index (χ0v) is 19.5. The largest absolute Gasteiger partial charge is 0.392 e. The number of likely N-dealkylation sites (tertiary alicyclic amines) is 1. The third-order valence-electron chi connectivity index (χ3n) is 6.41. The standard InChI is InChI=1S/C27H22ClN5O2/c28-21-12-18(11-17-7-4-9-29-22(17)21)24-23(16-5-2-1-3-6-16)32-27-25(31-24)26(35)19(13-30-27)14-33-10-8-20(34)15-33/h1-7,9,11-13,20,34H,8,10,14-15H2,(H,30,32,35). The molecular formula is C27H22ClN5O2. The molecule has 2 aromatic carbocycles. The van der Waals surface area contributed by atoms with Crippen LogP contribution >= 0.6 is 11.6 Å². The van der Waals surface area contributed by atoms with E-state index in [1.54, 1.807) is 12.4 Å². The summed E-state index contributed by atoms with van der Waals surface area (Å²) in [5, 5.41) is 11.2. The molecule has 0 bridgehead atoms. The summed E-state index contributed by atoms with van der Waals surface area (Å²) >= 11 is 6.59. The van der Waals surface area contributed by atoms with E-state index in [9.17, 15) is 9.90 Å². The van der Waals surface area contributed by atoms with Crippen LogP contribution < -0.4 is 5.43 Å². The van der Waals surface area contributed by atoms with Gasteiger partial charge in [-0.05, 0) is 24.6 Å². The van der Waals surface area contributed by atoms with Gasteiger partial charge in [-0.25, -0.2) is 9.97 Å². The molecule has 1 aliphatic rings. The third kappa shape index (κ3) is 4.08. The number of nitrogens with zero attached hydrogens (tertiary/aromatic N) is 4. The topological polar surface area (TPSA) is 95.0 Å². The number of rotatable bonds is 4. The zero-order valence-electron chi connectivity index (χ0n) is 18.8. The van der Waals surface area contributed by atoms with E-state index in [0.717, 1.165) is 23.1 Å². The van der Waals surface area contributed by atoms with Crippen molar-refractivity contribution in [3.8, 4) is 22.5 Å². The molecule has 2 N–H and O–H groups in total. The Morgan fingerprint density at radius 2 is 1.86 bits per heavy atom. The zero-order chi connectivity index (χ0) is 23.9. The molecule has 0 amide bonds. The van der Waals surface area contributed by atoms with E-state index in [2.05, 4.69) is 14.9 Å². The quantitative estimate of drug-likeness (QED) is 0.393. The van der Waals surface area contributed by atoms with Crippen LogP contribution in [0.4, 0.5) is 0 Å². The Morgan fingerprint density at radius 1 is 1.03 bits per heavy atom. The maximum atomic E-state index is 13.5. The van der Waals surface area contributed by atoms with Crippen LogP contribution in [-0.2, 0) is 6.54 Å². The summed E-state index contributed by atoms with van der Waals surface area (Å²) in [6.45, 7) is 1.77. The highest BCUT2D eigenvalue weighted by atomic mass is 35.5. The van der Waals surface area contributed by atoms with Crippen LogP contribution in [0.5, 0.6) is 0 Å². The van der Waals surface area contributed by atoms with Crippen molar-refractivity contribution >= 4 is 33.7 Å². The van der Waals surface area contributed by atoms with Crippen LogP contribution in [0.15, 0.2) is 71.8 Å². The molecule has 0 saturated carbocycles. The molecule has 35 heavy (non-hydrogen) atoms. The Bertz CT molecular complexity index is 1620. The van der Waals surface area contributed by atoms with Crippen LogP contribution in [0, 0.1) is 0 Å². The average molecular weight is 484 g/mol. The predicted octanol–water partition coefficient (Wildman–Crippen LogP) is 4.42. The van der Waals surface area contributed by atoms with Gasteiger partial charge in [0, 0.05) is 54.1 Å². The molecule has 4 heterocycles.